The standard InChI is InChI=1S/C28H42N4O4.2ClH/c1-17(2)23(29)27(35)31-21(15-19-11-7-5-8-12-19)25(33)26(34)22(16-20-13-9-6-10-14-20)32-28(36)24(30)18(3)4;;/h5-14,17-18,21-26,33-34H,15-16,29-30H2,1-4H3,(H,31,35)(H,32,36);2*1H/t21-,22-,23-,24-,25+,26+;;/m0../s1. The molecule has 38 heavy (non-hydrogen) atoms. The van der Waals surface area contributed by atoms with Gasteiger partial charge in [-0.1, -0.05) is 88.4 Å². The summed E-state index contributed by atoms with van der Waals surface area (Å²) < 4.78 is 0. The van der Waals surface area contributed by atoms with Gasteiger partial charge in [0.25, 0.3) is 0 Å². The molecule has 0 spiro atoms. The molecule has 0 aliphatic heterocycles. The van der Waals surface area contributed by atoms with Gasteiger partial charge in [-0.2, -0.15) is 0 Å². The Bertz CT molecular complexity index is 873. The maximum atomic E-state index is 12.8. The van der Waals surface area contributed by atoms with Crippen molar-refractivity contribution < 1.29 is 19.8 Å². The van der Waals surface area contributed by atoms with Gasteiger partial charge in [-0.15, -0.1) is 24.8 Å². The fraction of sp³-hybridized carbons (Fsp3) is 0.500. The first-order chi connectivity index (χ1) is 17.0. The van der Waals surface area contributed by atoms with E-state index in [4.69, 9.17) is 11.5 Å². The first-order valence-corrected chi connectivity index (χ1v) is 12.6. The number of benzene rings is 2. The second-order valence-corrected chi connectivity index (χ2v) is 10.1. The number of carbonyl (C=O) groups excluding carboxylic acids is 2. The predicted molar refractivity (Wildman–Crippen MR) is 156 cm³/mol. The highest BCUT2D eigenvalue weighted by Gasteiger charge is 2.36. The first-order valence-electron chi connectivity index (χ1n) is 12.6. The number of carbonyl (C=O) groups is 2. The molecule has 0 aromatic heterocycles. The zero-order chi connectivity index (χ0) is 26.8. The largest absolute Gasteiger partial charge is 0.388 e. The number of hydrogen-bond acceptors (Lipinski definition) is 6. The van der Waals surface area contributed by atoms with Crippen LogP contribution in [0.15, 0.2) is 60.7 Å². The Balaban J connectivity index is 0.00000684. The minimum atomic E-state index is -1.39. The molecule has 0 saturated heterocycles. The lowest BCUT2D eigenvalue weighted by atomic mass is 9.90. The Morgan fingerprint density at radius 1 is 0.658 bits per heavy atom. The summed E-state index contributed by atoms with van der Waals surface area (Å²) in [6.45, 7) is 7.35. The first kappa shape index (κ1) is 35.8. The average Bonchev–Trinajstić information content (AvgIpc) is 2.86. The van der Waals surface area contributed by atoms with E-state index in [1.54, 1.807) is 0 Å². The van der Waals surface area contributed by atoms with Crippen LogP contribution in [0.1, 0.15) is 38.8 Å². The summed E-state index contributed by atoms with van der Waals surface area (Å²) in [6, 6.07) is 15.5. The molecule has 0 radical (unpaired) electrons. The topological polar surface area (TPSA) is 151 Å². The lowest BCUT2D eigenvalue weighted by Crippen LogP contribution is -2.60. The number of rotatable bonds is 13. The second kappa shape index (κ2) is 17.4. The Morgan fingerprint density at radius 2 is 0.947 bits per heavy atom. The van der Waals surface area contributed by atoms with E-state index in [1.807, 2.05) is 88.4 Å². The van der Waals surface area contributed by atoms with Gasteiger partial charge in [0.1, 0.15) is 12.2 Å². The maximum Gasteiger partial charge on any atom is 0.237 e. The van der Waals surface area contributed by atoms with E-state index in [0.717, 1.165) is 11.1 Å². The Kier molecular flexibility index (Phi) is 16.4. The summed E-state index contributed by atoms with van der Waals surface area (Å²) in [4.78, 5) is 25.6. The third-order valence-corrected chi connectivity index (χ3v) is 6.47. The fourth-order valence-electron chi connectivity index (χ4n) is 3.89. The Labute approximate surface area is 238 Å². The van der Waals surface area contributed by atoms with Crippen molar-refractivity contribution in [1.82, 2.24) is 10.6 Å². The van der Waals surface area contributed by atoms with Crippen molar-refractivity contribution in [1.29, 1.82) is 0 Å². The van der Waals surface area contributed by atoms with Gasteiger partial charge in [-0.05, 0) is 35.8 Å². The van der Waals surface area contributed by atoms with Crippen LogP contribution in [0.2, 0.25) is 0 Å². The molecular weight excluding hydrogens is 527 g/mol. The van der Waals surface area contributed by atoms with Crippen LogP contribution in [0.3, 0.4) is 0 Å². The smallest absolute Gasteiger partial charge is 0.237 e. The van der Waals surface area contributed by atoms with Gasteiger partial charge in [0.05, 0.1) is 24.2 Å². The summed E-state index contributed by atoms with van der Waals surface area (Å²) in [6.07, 6.45) is -2.24. The molecule has 0 aliphatic rings. The molecule has 6 atom stereocenters. The molecule has 2 rings (SSSR count). The van der Waals surface area contributed by atoms with Crippen molar-refractivity contribution in [3.63, 3.8) is 0 Å². The van der Waals surface area contributed by atoms with Crippen molar-refractivity contribution in [3.8, 4) is 0 Å². The van der Waals surface area contributed by atoms with Gasteiger partial charge in [0.2, 0.25) is 11.8 Å². The summed E-state index contributed by atoms with van der Waals surface area (Å²) in [5, 5.41) is 28.3. The zero-order valence-corrected chi connectivity index (χ0v) is 24.1. The Hall–Kier alpha value is -2.20. The molecule has 0 fully saturated rings. The highest BCUT2D eigenvalue weighted by molar-refractivity contribution is 5.85. The predicted octanol–water partition coefficient (Wildman–Crippen LogP) is 1.97. The summed E-state index contributed by atoms with van der Waals surface area (Å²) >= 11 is 0. The van der Waals surface area contributed by atoms with Crippen molar-refractivity contribution >= 4 is 36.6 Å². The van der Waals surface area contributed by atoms with Crippen LogP contribution in [0.25, 0.3) is 0 Å². The molecule has 8 nitrogen and oxygen atoms in total. The van der Waals surface area contributed by atoms with E-state index >= 15 is 0 Å². The molecular formula is C28H44Cl2N4O4. The van der Waals surface area contributed by atoms with Gasteiger partial charge in [-0.25, -0.2) is 0 Å². The Morgan fingerprint density at radius 3 is 1.21 bits per heavy atom. The van der Waals surface area contributed by atoms with Gasteiger partial charge in [0.15, 0.2) is 0 Å². The van der Waals surface area contributed by atoms with Gasteiger partial charge >= 0.3 is 0 Å². The fourth-order valence-corrected chi connectivity index (χ4v) is 3.89. The monoisotopic (exact) mass is 570 g/mol. The molecule has 2 aromatic carbocycles. The van der Waals surface area contributed by atoms with Crippen LogP contribution in [0, 0.1) is 11.8 Å². The van der Waals surface area contributed by atoms with E-state index in [0.29, 0.717) is 0 Å². The summed E-state index contributed by atoms with van der Waals surface area (Å²) in [5.74, 6) is -1.04. The number of nitrogens with one attached hydrogen (secondary N) is 2. The molecule has 0 heterocycles. The normalized spacial score (nSPS) is 15.7. The van der Waals surface area contributed by atoms with Crippen LogP contribution < -0.4 is 22.1 Å². The number of halogens is 2. The van der Waals surface area contributed by atoms with E-state index in [-0.39, 0.29) is 49.5 Å². The summed E-state index contributed by atoms with van der Waals surface area (Å²) in [7, 11) is 0. The van der Waals surface area contributed by atoms with Gasteiger partial charge in [0, 0.05) is 0 Å². The quantitative estimate of drug-likeness (QED) is 0.216. The van der Waals surface area contributed by atoms with Crippen molar-refractivity contribution in [2.45, 2.75) is 76.9 Å². The molecule has 214 valence electrons. The number of aliphatic hydroxyl groups is 2. The van der Waals surface area contributed by atoms with Crippen LogP contribution in [-0.4, -0.2) is 58.4 Å². The second-order valence-electron chi connectivity index (χ2n) is 10.1. The molecule has 0 aliphatic carbocycles. The van der Waals surface area contributed by atoms with Crippen LogP contribution in [0.4, 0.5) is 0 Å². The highest BCUT2D eigenvalue weighted by atomic mass is 35.5. The third-order valence-electron chi connectivity index (χ3n) is 6.47. The molecule has 2 amide bonds. The molecule has 8 N–H and O–H groups in total. The molecule has 10 heteroatoms. The number of nitrogens with two attached hydrogens (primary N) is 2. The molecule has 0 bridgehead atoms. The van der Waals surface area contributed by atoms with Gasteiger partial charge < -0.3 is 32.3 Å². The van der Waals surface area contributed by atoms with E-state index in [1.165, 1.54) is 0 Å². The minimum absolute atomic E-state index is 0. The third kappa shape index (κ3) is 10.9. The van der Waals surface area contributed by atoms with E-state index < -0.39 is 48.2 Å². The lowest BCUT2D eigenvalue weighted by molar-refractivity contribution is -0.128. The zero-order valence-electron chi connectivity index (χ0n) is 22.5. The molecule has 0 unspecified atom stereocenters. The molecule has 2 aromatic rings. The highest BCUT2D eigenvalue weighted by Crippen LogP contribution is 2.16. The minimum Gasteiger partial charge on any atom is -0.388 e. The van der Waals surface area contributed by atoms with E-state index in [2.05, 4.69) is 10.6 Å². The average molecular weight is 572 g/mol. The number of aliphatic hydroxyl groups excluding tert-OH is 2. The van der Waals surface area contributed by atoms with Gasteiger partial charge in [-0.3, -0.25) is 9.59 Å². The number of amides is 2. The van der Waals surface area contributed by atoms with Crippen molar-refractivity contribution in [3.05, 3.63) is 71.8 Å². The SMILES string of the molecule is CC(C)[C@H](N)C(=O)N[C@@H](Cc1ccccc1)[C@@H](O)[C@H](O)[C@H](Cc1ccccc1)NC(=O)[C@@H](N)C(C)C.Cl.Cl. The van der Waals surface area contributed by atoms with E-state index in [9.17, 15) is 19.8 Å². The lowest BCUT2D eigenvalue weighted by Gasteiger charge is -2.34. The molecule has 0 saturated carbocycles. The van der Waals surface area contributed by atoms with Crippen molar-refractivity contribution in [2.24, 2.45) is 23.3 Å². The van der Waals surface area contributed by atoms with Crippen LogP contribution in [0.5, 0.6) is 0 Å². The van der Waals surface area contributed by atoms with Crippen LogP contribution >= 0.6 is 24.8 Å². The number of hydrogen-bond donors (Lipinski definition) is 6. The van der Waals surface area contributed by atoms with Crippen LogP contribution in [-0.2, 0) is 22.4 Å². The maximum absolute atomic E-state index is 12.8. The summed E-state index contributed by atoms with van der Waals surface area (Å²) in [5.41, 5.74) is 13.8. The van der Waals surface area contributed by atoms with Crippen molar-refractivity contribution in [2.75, 3.05) is 0 Å².